The van der Waals surface area contributed by atoms with Gasteiger partial charge in [-0.2, -0.15) is 23.7 Å². The second-order valence-electron chi connectivity index (χ2n) is 8.16. The zero-order valence-electron chi connectivity index (χ0n) is 18.9. The third-order valence-electron chi connectivity index (χ3n) is 5.36. The predicted octanol–water partition coefficient (Wildman–Crippen LogP) is 4.94. The summed E-state index contributed by atoms with van der Waals surface area (Å²) in [7, 11) is 1.65. The monoisotopic (exact) mass is 478 g/mol. The topological polar surface area (TPSA) is 100 Å². The minimum Gasteiger partial charge on any atom is -0.378 e. The van der Waals surface area contributed by atoms with E-state index in [0.29, 0.717) is 22.9 Å². The summed E-state index contributed by atoms with van der Waals surface area (Å²) in [6.07, 6.45) is -4.78. The van der Waals surface area contributed by atoms with Crippen LogP contribution in [0.4, 0.5) is 24.5 Å². The van der Waals surface area contributed by atoms with Crippen molar-refractivity contribution in [3.63, 3.8) is 0 Å². The van der Waals surface area contributed by atoms with E-state index in [0.717, 1.165) is 11.6 Å². The van der Waals surface area contributed by atoms with Crippen molar-refractivity contribution in [2.24, 2.45) is 0 Å². The second kappa shape index (κ2) is 9.88. The van der Waals surface area contributed by atoms with E-state index < -0.39 is 28.8 Å². The van der Waals surface area contributed by atoms with Crippen LogP contribution < -0.4 is 10.2 Å². The Morgan fingerprint density at radius 1 is 1.03 bits per heavy atom. The van der Waals surface area contributed by atoms with Crippen LogP contribution in [0.1, 0.15) is 23.6 Å². The molecule has 178 valence electrons. The number of rotatable bonds is 6. The molecule has 0 fully saturated rings. The summed E-state index contributed by atoms with van der Waals surface area (Å²) in [4.78, 5) is 14.4. The fraction of sp³-hybridized carbons (Fsp3) is 0.192. The van der Waals surface area contributed by atoms with E-state index in [2.05, 4.69) is 11.4 Å². The summed E-state index contributed by atoms with van der Waals surface area (Å²) >= 11 is 0. The maximum Gasteiger partial charge on any atom is 0.417 e. The number of nitrogens with one attached hydrogen (secondary N) is 1. The van der Waals surface area contributed by atoms with Gasteiger partial charge in [-0.3, -0.25) is 4.79 Å². The van der Waals surface area contributed by atoms with Crippen LogP contribution >= 0.6 is 0 Å². The Balaban J connectivity index is 1.86. The smallest absolute Gasteiger partial charge is 0.378 e. The number of halogens is 3. The molecule has 0 aliphatic carbocycles. The Labute approximate surface area is 200 Å². The van der Waals surface area contributed by atoms with E-state index in [1.165, 1.54) is 19.1 Å². The van der Waals surface area contributed by atoms with Gasteiger partial charge >= 0.3 is 6.18 Å². The van der Waals surface area contributed by atoms with Crippen molar-refractivity contribution in [3.8, 4) is 23.3 Å². The van der Waals surface area contributed by atoms with E-state index in [1.807, 2.05) is 30.3 Å². The number of anilines is 2. The number of hydrogen-bond donors (Lipinski definition) is 2. The molecule has 0 aliphatic heterocycles. The minimum atomic E-state index is -4.78. The number of aliphatic hydroxyl groups is 1. The quantitative estimate of drug-likeness (QED) is 0.523. The molecule has 9 heteroatoms. The summed E-state index contributed by atoms with van der Waals surface area (Å²) in [6, 6.07) is 20.6. The van der Waals surface area contributed by atoms with Gasteiger partial charge < -0.3 is 15.3 Å². The van der Waals surface area contributed by atoms with Crippen molar-refractivity contribution < 1.29 is 23.1 Å². The first-order chi connectivity index (χ1) is 16.5. The Hall–Kier alpha value is -4.34. The van der Waals surface area contributed by atoms with Gasteiger partial charge in [-0.05, 0) is 48.9 Å². The first-order valence-corrected chi connectivity index (χ1v) is 10.4. The van der Waals surface area contributed by atoms with Gasteiger partial charge in [0.2, 0.25) is 0 Å². The highest BCUT2D eigenvalue weighted by atomic mass is 19.4. The van der Waals surface area contributed by atoms with Crippen molar-refractivity contribution in [2.45, 2.75) is 18.7 Å². The molecule has 3 aromatic rings. The lowest BCUT2D eigenvalue weighted by atomic mass is 9.99. The van der Waals surface area contributed by atoms with Crippen LogP contribution in [-0.2, 0) is 11.0 Å². The van der Waals surface area contributed by atoms with Gasteiger partial charge in [-0.1, -0.05) is 30.3 Å². The number of alkyl halides is 3. The van der Waals surface area contributed by atoms with E-state index in [4.69, 9.17) is 5.26 Å². The SMILES string of the molecule is CN(CC(C)(O)C(=O)Nc1ccc(C#N)c(C(F)(F)F)c1)c1ccc(C#N)cc1-c1ccccc1. The zero-order valence-corrected chi connectivity index (χ0v) is 18.9. The van der Waals surface area contributed by atoms with Crippen LogP contribution in [0, 0.1) is 22.7 Å². The zero-order chi connectivity index (χ0) is 25.8. The molecular formula is C26H21F3N4O2. The fourth-order valence-electron chi connectivity index (χ4n) is 3.63. The molecule has 35 heavy (non-hydrogen) atoms. The van der Waals surface area contributed by atoms with Crippen LogP contribution in [0.5, 0.6) is 0 Å². The highest BCUT2D eigenvalue weighted by Crippen LogP contribution is 2.34. The Kier molecular flexibility index (Phi) is 7.14. The van der Waals surface area contributed by atoms with Crippen molar-refractivity contribution in [1.29, 1.82) is 10.5 Å². The molecule has 0 heterocycles. The van der Waals surface area contributed by atoms with Gasteiger partial charge in [0.1, 0.15) is 0 Å². The number of benzene rings is 3. The largest absolute Gasteiger partial charge is 0.417 e. The number of nitriles is 2. The molecule has 1 atom stereocenters. The average molecular weight is 478 g/mol. The summed E-state index contributed by atoms with van der Waals surface area (Å²) in [5.74, 6) is -0.919. The van der Waals surface area contributed by atoms with Crippen molar-refractivity contribution >= 4 is 17.3 Å². The molecule has 0 saturated carbocycles. The summed E-state index contributed by atoms with van der Waals surface area (Å²) < 4.78 is 39.7. The molecule has 0 aliphatic rings. The molecule has 6 nitrogen and oxygen atoms in total. The van der Waals surface area contributed by atoms with Crippen molar-refractivity contribution in [1.82, 2.24) is 0 Å². The summed E-state index contributed by atoms with van der Waals surface area (Å²) in [5.41, 5.74) is -1.34. The molecule has 0 radical (unpaired) electrons. The van der Waals surface area contributed by atoms with Gasteiger partial charge in [0.05, 0.1) is 35.4 Å². The van der Waals surface area contributed by atoms with Gasteiger partial charge in [0, 0.05) is 24.0 Å². The van der Waals surface area contributed by atoms with Crippen molar-refractivity contribution in [2.75, 3.05) is 23.8 Å². The van der Waals surface area contributed by atoms with E-state index >= 15 is 0 Å². The first-order valence-electron chi connectivity index (χ1n) is 10.4. The lowest BCUT2D eigenvalue weighted by Gasteiger charge is -2.31. The van der Waals surface area contributed by atoms with Crippen LogP contribution in [0.15, 0.2) is 66.7 Å². The number of likely N-dealkylation sites (N-methyl/N-ethyl adjacent to an activating group) is 1. The molecule has 1 unspecified atom stereocenters. The van der Waals surface area contributed by atoms with Gasteiger partial charge in [0.25, 0.3) is 5.91 Å². The van der Waals surface area contributed by atoms with Crippen LogP contribution in [-0.4, -0.2) is 30.2 Å². The van der Waals surface area contributed by atoms with Crippen LogP contribution in [0.2, 0.25) is 0 Å². The number of carbonyl (C=O) groups is 1. The third-order valence-corrected chi connectivity index (χ3v) is 5.36. The number of carbonyl (C=O) groups excluding carboxylic acids is 1. The molecule has 0 aromatic heterocycles. The third kappa shape index (κ3) is 5.78. The van der Waals surface area contributed by atoms with Gasteiger partial charge in [-0.15, -0.1) is 0 Å². The highest BCUT2D eigenvalue weighted by molar-refractivity contribution is 5.97. The molecule has 3 rings (SSSR count). The second-order valence-corrected chi connectivity index (χ2v) is 8.16. The van der Waals surface area contributed by atoms with E-state index in [1.54, 1.807) is 30.1 Å². The molecule has 1 amide bonds. The normalized spacial score (nSPS) is 12.7. The lowest BCUT2D eigenvalue weighted by molar-refractivity contribution is -0.138. The predicted molar refractivity (Wildman–Crippen MR) is 125 cm³/mol. The maximum atomic E-state index is 13.2. The molecular weight excluding hydrogens is 457 g/mol. The number of nitrogens with zero attached hydrogens (tertiary/aromatic N) is 3. The number of amides is 1. The van der Waals surface area contributed by atoms with E-state index in [9.17, 15) is 28.3 Å². The summed E-state index contributed by atoms with van der Waals surface area (Å²) in [6.45, 7) is 1.05. The highest BCUT2D eigenvalue weighted by Gasteiger charge is 2.36. The van der Waals surface area contributed by atoms with Crippen LogP contribution in [0.3, 0.4) is 0 Å². The fourth-order valence-corrected chi connectivity index (χ4v) is 3.63. The molecule has 0 bridgehead atoms. The van der Waals surface area contributed by atoms with E-state index in [-0.39, 0.29) is 12.2 Å². The molecule has 3 aromatic carbocycles. The van der Waals surface area contributed by atoms with Crippen LogP contribution in [0.25, 0.3) is 11.1 Å². The Morgan fingerprint density at radius 2 is 1.71 bits per heavy atom. The Bertz CT molecular complexity index is 1320. The Morgan fingerprint density at radius 3 is 2.31 bits per heavy atom. The van der Waals surface area contributed by atoms with Crippen molar-refractivity contribution in [3.05, 3.63) is 83.4 Å². The summed E-state index contributed by atoms with van der Waals surface area (Å²) in [5, 5.41) is 31.4. The molecule has 2 N–H and O–H groups in total. The lowest BCUT2D eigenvalue weighted by Crippen LogP contribution is -2.48. The first kappa shape index (κ1) is 25.3. The average Bonchev–Trinajstić information content (AvgIpc) is 2.83. The molecule has 0 spiro atoms. The standard InChI is InChI=1S/C26H21F3N4O2/c1-25(35,24(34)32-20-10-9-19(15-31)22(13-20)26(27,28)29)16-33(2)23-11-8-17(14-30)12-21(23)18-6-4-3-5-7-18/h3-13,35H,16H2,1-2H3,(H,32,34). The minimum absolute atomic E-state index is 0.201. The molecule has 0 saturated heterocycles. The number of hydrogen-bond acceptors (Lipinski definition) is 5. The van der Waals surface area contributed by atoms with Gasteiger partial charge in [0.15, 0.2) is 5.60 Å². The van der Waals surface area contributed by atoms with Gasteiger partial charge in [-0.25, -0.2) is 0 Å². The maximum absolute atomic E-state index is 13.2.